The van der Waals surface area contributed by atoms with Crippen molar-refractivity contribution in [2.45, 2.75) is 64.0 Å². The highest BCUT2D eigenvalue weighted by molar-refractivity contribution is 5.99. The number of carbonyl (C=O) groups excluding carboxylic acids is 1. The van der Waals surface area contributed by atoms with Crippen LogP contribution < -0.4 is 19.5 Å². The average Bonchev–Trinajstić information content (AvgIpc) is 3.65. The molecule has 186 valence electrons. The van der Waals surface area contributed by atoms with Gasteiger partial charge >= 0.3 is 5.97 Å². The lowest BCUT2D eigenvalue weighted by atomic mass is 9.83. The standard InChI is InChI=1S/C28H33NO6/c1-33-22-12-11-20(18-9-10-21-19(15-18)16-29-26(21)30)23(24(22)34-2)35-25(28(13-14-28)27(31)32)17-7-5-3-4-6-8-17/h9-12,15,17,25H,3-8,13-14,16H2,1-2H3,(H,29,30)(H,31,32). The molecule has 0 spiro atoms. The van der Waals surface area contributed by atoms with Crippen molar-refractivity contribution in [3.05, 3.63) is 41.5 Å². The Hall–Kier alpha value is -3.22. The molecule has 2 aromatic rings. The number of nitrogens with one attached hydrogen (secondary N) is 1. The minimum atomic E-state index is -0.866. The summed E-state index contributed by atoms with van der Waals surface area (Å²) >= 11 is 0. The van der Waals surface area contributed by atoms with Gasteiger partial charge in [0.15, 0.2) is 11.5 Å². The largest absolute Gasteiger partial charge is 0.493 e. The van der Waals surface area contributed by atoms with Gasteiger partial charge in [-0.25, -0.2) is 0 Å². The minimum absolute atomic E-state index is 0.0686. The third-order valence-corrected chi connectivity index (χ3v) is 7.93. The van der Waals surface area contributed by atoms with E-state index in [9.17, 15) is 14.7 Å². The van der Waals surface area contributed by atoms with E-state index >= 15 is 0 Å². The van der Waals surface area contributed by atoms with Gasteiger partial charge in [0.2, 0.25) is 5.75 Å². The van der Waals surface area contributed by atoms with Gasteiger partial charge in [0, 0.05) is 17.7 Å². The van der Waals surface area contributed by atoms with Crippen LogP contribution in [0.2, 0.25) is 0 Å². The van der Waals surface area contributed by atoms with Crippen LogP contribution in [0, 0.1) is 11.3 Å². The number of ether oxygens (including phenoxy) is 3. The summed E-state index contributed by atoms with van der Waals surface area (Å²) < 4.78 is 18.2. The number of carboxylic acids is 1. The second-order valence-corrected chi connectivity index (χ2v) is 9.98. The van der Waals surface area contributed by atoms with Crippen molar-refractivity contribution < 1.29 is 28.9 Å². The van der Waals surface area contributed by atoms with Crippen LogP contribution in [0.25, 0.3) is 11.1 Å². The van der Waals surface area contributed by atoms with Gasteiger partial charge in [0.05, 0.1) is 14.2 Å². The molecule has 0 saturated heterocycles. The number of aliphatic carboxylic acids is 1. The van der Waals surface area contributed by atoms with E-state index in [1.807, 2.05) is 30.3 Å². The predicted molar refractivity (Wildman–Crippen MR) is 131 cm³/mol. The van der Waals surface area contributed by atoms with E-state index < -0.39 is 17.5 Å². The van der Waals surface area contributed by atoms with Crippen molar-refractivity contribution in [3.63, 3.8) is 0 Å². The molecule has 0 radical (unpaired) electrons. The Balaban J connectivity index is 1.61. The Morgan fingerprint density at radius 2 is 1.71 bits per heavy atom. The fourth-order valence-corrected chi connectivity index (χ4v) is 5.80. The molecule has 7 nitrogen and oxygen atoms in total. The van der Waals surface area contributed by atoms with Crippen molar-refractivity contribution in [3.8, 4) is 28.4 Å². The molecule has 1 aliphatic heterocycles. The number of amides is 1. The molecule has 0 bridgehead atoms. The molecule has 2 saturated carbocycles. The van der Waals surface area contributed by atoms with Crippen molar-refractivity contribution in [2.75, 3.05) is 14.2 Å². The van der Waals surface area contributed by atoms with Gasteiger partial charge in [-0.05, 0) is 67.0 Å². The summed E-state index contributed by atoms with van der Waals surface area (Å²) in [4.78, 5) is 24.5. The van der Waals surface area contributed by atoms with Crippen molar-refractivity contribution in [2.24, 2.45) is 11.3 Å². The summed E-state index contributed by atoms with van der Waals surface area (Å²) in [6.45, 7) is 0.484. The number of rotatable bonds is 8. The molecule has 1 unspecified atom stereocenters. The zero-order chi connectivity index (χ0) is 24.6. The van der Waals surface area contributed by atoms with Gasteiger partial charge in [0.1, 0.15) is 11.5 Å². The first-order valence-electron chi connectivity index (χ1n) is 12.5. The molecule has 1 heterocycles. The van der Waals surface area contributed by atoms with Crippen molar-refractivity contribution in [1.29, 1.82) is 0 Å². The molecule has 5 rings (SSSR count). The van der Waals surface area contributed by atoms with Gasteiger partial charge in [0.25, 0.3) is 5.91 Å². The second kappa shape index (κ2) is 9.44. The van der Waals surface area contributed by atoms with Crippen LogP contribution in [0.15, 0.2) is 30.3 Å². The SMILES string of the molecule is COc1ccc(-c2ccc3c(c2)CNC3=O)c(OC(C2CCCCCC2)C2(C(=O)O)CC2)c1OC. The second-order valence-electron chi connectivity index (χ2n) is 9.98. The Morgan fingerprint density at radius 3 is 2.34 bits per heavy atom. The predicted octanol–water partition coefficient (Wildman–Crippen LogP) is 5.20. The molecule has 35 heavy (non-hydrogen) atoms. The van der Waals surface area contributed by atoms with E-state index in [0.717, 1.165) is 42.4 Å². The first-order valence-corrected chi connectivity index (χ1v) is 12.5. The summed E-state index contributed by atoms with van der Waals surface area (Å²) in [5.41, 5.74) is 2.42. The zero-order valence-corrected chi connectivity index (χ0v) is 20.4. The monoisotopic (exact) mass is 479 g/mol. The smallest absolute Gasteiger partial charge is 0.313 e. The Labute approximate surface area is 205 Å². The van der Waals surface area contributed by atoms with Gasteiger partial charge in [-0.3, -0.25) is 9.59 Å². The van der Waals surface area contributed by atoms with Crippen LogP contribution in [-0.2, 0) is 11.3 Å². The van der Waals surface area contributed by atoms with Gasteiger partial charge in [-0.15, -0.1) is 0 Å². The van der Waals surface area contributed by atoms with Gasteiger partial charge < -0.3 is 24.6 Å². The summed E-state index contributed by atoms with van der Waals surface area (Å²) in [6, 6.07) is 9.49. The summed E-state index contributed by atoms with van der Waals surface area (Å²) in [7, 11) is 3.15. The van der Waals surface area contributed by atoms with E-state index in [1.165, 1.54) is 12.8 Å². The third kappa shape index (κ3) is 4.21. The molecule has 2 fully saturated rings. The Morgan fingerprint density at radius 1 is 1.00 bits per heavy atom. The number of carbonyl (C=O) groups is 2. The van der Waals surface area contributed by atoms with E-state index in [2.05, 4.69) is 5.32 Å². The lowest BCUT2D eigenvalue weighted by molar-refractivity contribution is -0.149. The highest BCUT2D eigenvalue weighted by Crippen LogP contribution is 2.56. The molecule has 1 atom stereocenters. The molecule has 7 heteroatoms. The Bertz CT molecular complexity index is 1130. The molecule has 2 N–H and O–H groups in total. The van der Waals surface area contributed by atoms with Gasteiger partial charge in [-0.2, -0.15) is 0 Å². The van der Waals surface area contributed by atoms with Crippen molar-refractivity contribution in [1.82, 2.24) is 5.32 Å². The summed E-state index contributed by atoms with van der Waals surface area (Å²) in [6.07, 6.45) is 7.27. The normalized spacial score (nSPS) is 19.8. The van der Waals surface area contributed by atoms with E-state index in [-0.39, 0.29) is 11.8 Å². The Kier molecular flexibility index (Phi) is 6.34. The van der Waals surface area contributed by atoms with E-state index in [0.29, 0.717) is 42.2 Å². The molecule has 0 aromatic heterocycles. The topological polar surface area (TPSA) is 94.1 Å². The molecular formula is C28H33NO6. The average molecular weight is 480 g/mol. The van der Waals surface area contributed by atoms with E-state index in [4.69, 9.17) is 14.2 Å². The third-order valence-electron chi connectivity index (χ3n) is 7.93. The maximum atomic E-state index is 12.5. The highest BCUT2D eigenvalue weighted by atomic mass is 16.5. The molecule has 2 aliphatic carbocycles. The number of benzene rings is 2. The number of carboxylic acid groups (broad SMARTS) is 1. The fraction of sp³-hybridized carbons (Fsp3) is 0.500. The number of fused-ring (bicyclic) bond motifs is 1. The quantitative estimate of drug-likeness (QED) is 0.506. The van der Waals surface area contributed by atoms with Crippen LogP contribution in [-0.4, -0.2) is 37.3 Å². The number of hydrogen-bond donors (Lipinski definition) is 2. The maximum absolute atomic E-state index is 12.5. The van der Waals surface area contributed by atoms with Crippen LogP contribution >= 0.6 is 0 Å². The first-order chi connectivity index (χ1) is 17.0. The lowest BCUT2D eigenvalue weighted by Crippen LogP contribution is -2.41. The minimum Gasteiger partial charge on any atom is -0.493 e. The van der Waals surface area contributed by atoms with Crippen molar-refractivity contribution >= 4 is 11.9 Å². The molecule has 2 aromatic carbocycles. The first kappa shape index (κ1) is 23.5. The van der Waals surface area contributed by atoms with Crippen LogP contribution in [0.3, 0.4) is 0 Å². The molecule has 1 amide bonds. The zero-order valence-electron chi connectivity index (χ0n) is 20.4. The number of methoxy groups -OCH3 is 2. The van der Waals surface area contributed by atoms with Crippen LogP contribution in [0.4, 0.5) is 0 Å². The molecule has 3 aliphatic rings. The van der Waals surface area contributed by atoms with Crippen LogP contribution in [0.5, 0.6) is 17.2 Å². The van der Waals surface area contributed by atoms with Gasteiger partial charge in [-0.1, -0.05) is 31.7 Å². The fourth-order valence-electron chi connectivity index (χ4n) is 5.80. The van der Waals surface area contributed by atoms with Crippen LogP contribution in [0.1, 0.15) is 67.3 Å². The van der Waals surface area contributed by atoms with E-state index in [1.54, 1.807) is 14.2 Å². The summed E-state index contributed by atoms with van der Waals surface area (Å²) in [5, 5.41) is 13.1. The molecular weight excluding hydrogens is 446 g/mol. The highest BCUT2D eigenvalue weighted by Gasteiger charge is 2.60. The number of hydrogen-bond acceptors (Lipinski definition) is 5. The lowest BCUT2D eigenvalue weighted by Gasteiger charge is -2.33. The summed E-state index contributed by atoms with van der Waals surface area (Å²) in [5.74, 6) is 0.814. The maximum Gasteiger partial charge on any atom is 0.313 e.